The number of nitrogens with two attached hydrogens (primary N) is 1. The van der Waals surface area contributed by atoms with Crippen LogP contribution in [0.25, 0.3) is 0 Å². The van der Waals surface area contributed by atoms with Crippen molar-refractivity contribution < 1.29 is 9.90 Å². The molecule has 5 nitrogen and oxygen atoms in total. The van der Waals surface area contributed by atoms with Gasteiger partial charge in [-0.05, 0) is 32.2 Å². The lowest BCUT2D eigenvalue weighted by Crippen LogP contribution is -2.53. The molecule has 0 aliphatic carbocycles. The molecule has 1 unspecified atom stereocenters. The maximum atomic E-state index is 12.1. The minimum Gasteiger partial charge on any atom is -0.396 e. The number of aliphatic hydroxyl groups is 1. The van der Waals surface area contributed by atoms with Gasteiger partial charge in [0.1, 0.15) is 0 Å². The predicted octanol–water partition coefficient (Wildman–Crippen LogP) is 0.421. The Kier molecular flexibility index (Phi) is 8.02. The molecule has 1 fully saturated rings. The molecule has 0 bridgehead atoms. The first-order chi connectivity index (χ1) is 9.19. The molecule has 1 amide bonds. The second-order valence-electron chi connectivity index (χ2n) is 5.35. The number of aliphatic hydroxyl groups excluding tert-OH is 1. The molecule has 5 heteroatoms. The highest BCUT2D eigenvalue weighted by molar-refractivity contribution is 5.81. The van der Waals surface area contributed by atoms with Gasteiger partial charge < -0.3 is 15.7 Å². The van der Waals surface area contributed by atoms with E-state index in [1.165, 1.54) is 12.8 Å². The Labute approximate surface area is 116 Å². The van der Waals surface area contributed by atoms with Gasteiger partial charge in [-0.2, -0.15) is 0 Å². The Bertz CT molecular complexity index is 253. The number of piperazine rings is 1. The SMILES string of the molecule is CCCCN1CCN(C(=O)C(N)CCCCO)CC1. The zero-order valence-electron chi connectivity index (χ0n) is 12.2. The summed E-state index contributed by atoms with van der Waals surface area (Å²) in [4.78, 5) is 16.4. The number of unbranched alkanes of at least 4 members (excludes halogenated alkanes) is 2. The van der Waals surface area contributed by atoms with Crippen molar-refractivity contribution in [2.75, 3.05) is 39.3 Å². The van der Waals surface area contributed by atoms with Crippen LogP contribution in [-0.4, -0.2) is 66.2 Å². The summed E-state index contributed by atoms with van der Waals surface area (Å²) in [7, 11) is 0. The van der Waals surface area contributed by atoms with Crippen molar-refractivity contribution in [1.82, 2.24) is 9.80 Å². The van der Waals surface area contributed by atoms with Crippen LogP contribution in [-0.2, 0) is 4.79 Å². The van der Waals surface area contributed by atoms with E-state index in [9.17, 15) is 4.79 Å². The van der Waals surface area contributed by atoms with E-state index in [0.29, 0.717) is 6.42 Å². The lowest BCUT2D eigenvalue weighted by atomic mass is 10.1. The number of hydrogen-bond acceptors (Lipinski definition) is 4. The number of hydrogen-bond donors (Lipinski definition) is 2. The molecule has 0 spiro atoms. The molecular formula is C14H29N3O2. The van der Waals surface area contributed by atoms with Gasteiger partial charge in [0, 0.05) is 32.8 Å². The molecule has 1 rings (SSSR count). The average Bonchev–Trinajstić information content (AvgIpc) is 2.45. The van der Waals surface area contributed by atoms with E-state index >= 15 is 0 Å². The summed E-state index contributed by atoms with van der Waals surface area (Å²) in [5.74, 6) is 0.0769. The first-order valence-corrected chi connectivity index (χ1v) is 7.56. The minimum atomic E-state index is -0.395. The summed E-state index contributed by atoms with van der Waals surface area (Å²) in [5, 5.41) is 8.72. The molecule has 0 saturated carbocycles. The summed E-state index contributed by atoms with van der Waals surface area (Å²) in [6.45, 7) is 7.06. The minimum absolute atomic E-state index is 0.0769. The van der Waals surface area contributed by atoms with Gasteiger partial charge in [-0.15, -0.1) is 0 Å². The zero-order chi connectivity index (χ0) is 14.1. The van der Waals surface area contributed by atoms with E-state index in [0.717, 1.165) is 45.6 Å². The summed E-state index contributed by atoms with van der Waals surface area (Å²) >= 11 is 0. The van der Waals surface area contributed by atoms with Gasteiger partial charge in [-0.1, -0.05) is 13.3 Å². The van der Waals surface area contributed by atoms with Crippen LogP contribution in [0.5, 0.6) is 0 Å². The van der Waals surface area contributed by atoms with Crippen LogP contribution in [0.4, 0.5) is 0 Å². The lowest BCUT2D eigenvalue weighted by Gasteiger charge is -2.35. The lowest BCUT2D eigenvalue weighted by molar-refractivity contribution is -0.134. The normalized spacial score (nSPS) is 18.6. The number of amides is 1. The van der Waals surface area contributed by atoms with Crippen molar-refractivity contribution >= 4 is 5.91 Å². The fraction of sp³-hybridized carbons (Fsp3) is 0.929. The molecule has 19 heavy (non-hydrogen) atoms. The van der Waals surface area contributed by atoms with Crippen LogP contribution in [0.2, 0.25) is 0 Å². The first kappa shape index (κ1) is 16.4. The quantitative estimate of drug-likeness (QED) is 0.628. The molecule has 0 aromatic carbocycles. The summed E-state index contributed by atoms with van der Waals surface area (Å²) < 4.78 is 0. The molecule has 0 radical (unpaired) electrons. The second-order valence-corrected chi connectivity index (χ2v) is 5.35. The number of nitrogens with zero attached hydrogens (tertiary/aromatic N) is 2. The molecule has 112 valence electrons. The van der Waals surface area contributed by atoms with Gasteiger partial charge in [-0.3, -0.25) is 9.69 Å². The van der Waals surface area contributed by atoms with E-state index in [1.807, 2.05) is 4.90 Å². The highest BCUT2D eigenvalue weighted by Gasteiger charge is 2.24. The maximum Gasteiger partial charge on any atom is 0.239 e. The van der Waals surface area contributed by atoms with Crippen LogP contribution >= 0.6 is 0 Å². The van der Waals surface area contributed by atoms with Crippen molar-refractivity contribution in [2.45, 2.75) is 45.1 Å². The third kappa shape index (κ3) is 5.89. The third-order valence-corrected chi connectivity index (χ3v) is 3.75. The van der Waals surface area contributed by atoms with Crippen molar-refractivity contribution in [1.29, 1.82) is 0 Å². The molecule has 1 aliphatic heterocycles. The van der Waals surface area contributed by atoms with Crippen LogP contribution in [0, 0.1) is 0 Å². The number of carbonyl (C=O) groups is 1. The average molecular weight is 271 g/mol. The van der Waals surface area contributed by atoms with Crippen molar-refractivity contribution in [3.05, 3.63) is 0 Å². The number of carbonyl (C=O) groups excluding carboxylic acids is 1. The van der Waals surface area contributed by atoms with Gasteiger partial charge >= 0.3 is 0 Å². The largest absolute Gasteiger partial charge is 0.396 e. The topological polar surface area (TPSA) is 69.8 Å². The fourth-order valence-electron chi connectivity index (χ4n) is 2.41. The highest BCUT2D eigenvalue weighted by Crippen LogP contribution is 2.07. The predicted molar refractivity (Wildman–Crippen MR) is 76.8 cm³/mol. The summed E-state index contributed by atoms with van der Waals surface area (Å²) in [6, 6.07) is -0.395. The summed E-state index contributed by atoms with van der Waals surface area (Å²) in [5.41, 5.74) is 5.92. The summed E-state index contributed by atoms with van der Waals surface area (Å²) in [6.07, 6.45) is 4.67. The Balaban J connectivity index is 2.24. The third-order valence-electron chi connectivity index (χ3n) is 3.75. The Morgan fingerprint density at radius 3 is 2.47 bits per heavy atom. The van der Waals surface area contributed by atoms with Crippen molar-refractivity contribution in [3.63, 3.8) is 0 Å². The number of rotatable bonds is 8. The molecule has 1 aliphatic rings. The van der Waals surface area contributed by atoms with Crippen LogP contribution in [0.15, 0.2) is 0 Å². The standard InChI is InChI=1S/C14H29N3O2/c1-2-3-7-16-8-10-17(11-9-16)14(19)13(15)6-4-5-12-18/h13,18H,2-12,15H2,1H3. The highest BCUT2D eigenvalue weighted by atomic mass is 16.2. The Morgan fingerprint density at radius 2 is 1.89 bits per heavy atom. The Morgan fingerprint density at radius 1 is 1.21 bits per heavy atom. The maximum absolute atomic E-state index is 12.1. The first-order valence-electron chi connectivity index (χ1n) is 7.56. The van der Waals surface area contributed by atoms with Gasteiger partial charge in [0.2, 0.25) is 5.91 Å². The van der Waals surface area contributed by atoms with E-state index in [1.54, 1.807) is 0 Å². The fourth-order valence-corrected chi connectivity index (χ4v) is 2.41. The smallest absolute Gasteiger partial charge is 0.239 e. The van der Waals surface area contributed by atoms with E-state index in [-0.39, 0.29) is 12.5 Å². The zero-order valence-corrected chi connectivity index (χ0v) is 12.2. The van der Waals surface area contributed by atoms with Gasteiger partial charge in [-0.25, -0.2) is 0 Å². The van der Waals surface area contributed by atoms with E-state index in [4.69, 9.17) is 10.8 Å². The molecule has 1 atom stereocenters. The van der Waals surface area contributed by atoms with Gasteiger partial charge in [0.15, 0.2) is 0 Å². The Hall–Kier alpha value is -0.650. The van der Waals surface area contributed by atoms with Crippen molar-refractivity contribution in [3.8, 4) is 0 Å². The second kappa shape index (κ2) is 9.28. The molecule has 0 aromatic rings. The molecule has 0 aromatic heterocycles. The van der Waals surface area contributed by atoms with Gasteiger partial charge in [0.05, 0.1) is 6.04 Å². The van der Waals surface area contributed by atoms with Crippen molar-refractivity contribution in [2.24, 2.45) is 5.73 Å². The van der Waals surface area contributed by atoms with Crippen LogP contribution in [0.1, 0.15) is 39.0 Å². The van der Waals surface area contributed by atoms with E-state index < -0.39 is 6.04 Å². The molecular weight excluding hydrogens is 242 g/mol. The molecule has 1 saturated heterocycles. The van der Waals surface area contributed by atoms with E-state index in [2.05, 4.69) is 11.8 Å². The van der Waals surface area contributed by atoms with Crippen LogP contribution < -0.4 is 5.73 Å². The monoisotopic (exact) mass is 271 g/mol. The van der Waals surface area contributed by atoms with Gasteiger partial charge in [0.25, 0.3) is 0 Å². The molecule has 1 heterocycles. The van der Waals surface area contributed by atoms with Crippen LogP contribution in [0.3, 0.4) is 0 Å². The molecule has 3 N–H and O–H groups in total.